The third-order valence-electron chi connectivity index (χ3n) is 2.90. The van der Waals surface area contributed by atoms with Gasteiger partial charge in [-0.25, -0.2) is 0 Å². The van der Waals surface area contributed by atoms with Gasteiger partial charge in [-0.3, -0.25) is 0 Å². The smallest absolute Gasteiger partial charge is 0.119 e. The molecule has 0 aromatic heterocycles. The van der Waals surface area contributed by atoms with Crippen LogP contribution in [0.3, 0.4) is 0 Å². The highest BCUT2D eigenvalue weighted by Gasteiger charge is 2.14. The largest absolute Gasteiger partial charge is 0.497 e. The second-order valence-electron chi connectivity index (χ2n) is 6.03. The molecule has 0 fully saturated rings. The van der Waals surface area contributed by atoms with E-state index in [1.165, 1.54) is 0 Å². The maximum atomic E-state index is 10.2. The van der Waals surface area contributed by atoms with Gasteiger partial charge in [-0.05, 0) is 24.6 Å². The summed E-state index contributed by atoms with van der Waals surface area (Å²) >= 11 is 1.93. The van der Waals surface area contributed by atoms with Crippen LogP contribution in [-0.2, 0) is 0 Å². The Hall–Kier alpha value is -0.710. The fourth-order valence-electron chi connectivity index (χ4n) is 1.71. The Labute approximate surface area is 127 Å². The first-order valence-corrected chi connectivity index (χ1v) is 8.00. The van der Waals surface area contributed by atoms with Crippen molar-refractivity contribution in [3.63, 3.8) is 0 Å². The molecule has 3 nitrogen and oxygen atoms in total. The monoisotopic (exact) mass is 297 g/mol. The lowest BCUT2D eigenvalue weighted by atomic mass is 10.1. The van der Waals surface area contributed by atoms with Gasteiger partial charge in [0, 0.05) is 23.1 Å². The SMILES string of the molecule is COc1cccc(C(O)CNC(C)CSC(C)(C)C)c1. The van der Waals surface area contributed by atoms with Crippen LogP contribution in [0.2, 0.25) is 0 Å². The van der Waals surface area contributed by atoms with E-state index in [9.17, 15) is 5.11 Å². The van der Waals surface area contributed by atoms with Gasteiger partial charge < -0.3 is 15.2 Å². The van der Waals surface area contributed by atoms with Crippen LogP contribution < -0.4 is 10.1 Å². The van der Waals surface area contributed by atoms with E-state index in [4.69, 9.17) is 4.74 Å². The molecule has 20 heavy (non-hydrogen) atoms. The summed E-state index contributed by atoms with van der Waals surface area (Å²) in [6, 6.07) is 7.95. The first-order chi connectivity index (χ1) is 9.31. The van der Waals surface area contributed by atoms with Crippen molar-refractivity contribution in [2.45, 2.75) is 44.6 Å². The molecule has 114 valence electrons. The Bertz CT molecular complexity index is 404. The normalized spacial score (nSPS) is 14.9. The number of methoxy groups -OCH3 is 1. The summed E-state index contributed by atoms with van der Waals surface area (Å²) in [6.45, 7) is 9.36. The molecule has 0 spiro atoms. The maximum absolute atomic E-state index is 10.2. The molecule has 2 unspecified atom stereocenters. The molecule has 2 atom stereocenters. The van der Waals surface area contributed by atoms with Gasteiger partial charge in [0.25, 0.3) is 0 Å². The molecule has 0 amide bonds. The van der Waals surface area contributed by atoms with E-state index in [0.717, 1.165) is 17.1 Å². The number of nitrogens with one attached hydrogen (secondary N) is 1. The van der Waals surface area contributed by atoms with Crippen LogP contribution >= 0.6 is 11.8 Å². The highest BCUT2D eigenvalue weighted by Crippen LogP contribution is 2.24. The molecule has 0 aliphatic heterocycles. The van der Waals surface area contributed by atoms with Crippen molar-refractivity contribution in [2.24, 2.45) is 0 Å². The molecule has 0 bridgehead atoms. The third kappa shape index (κ3) is 6.64. The van der Waals surface area contributed by atoms with Crippen molar-refractivity contribution < 1.29 is 9.84 Å². The van der Waals surface area contributed by atoms with Crippen LogP contribution in [0.5, 0.6) is 5.75 Å². The second-order valence-corrected chi connectivity index (χ2v) is 7.87. The van der Waals surface area contributed by atoms with E-state index >= 15 is 0 Å². The van der Waals surface area contributed by atoms with Gasteiger partial charge in [-0.1, -0.05) is 32.9 Å². The number of benzene rings is 1. The van der Waals surface area contributed by atoms with Crippen molar-refractivity contribution in [3.8, 4) is 5.75 Å². The van der Waals surface area contributed by atoms with Crippen LogP contribution in [0, 0.1) is 0 Å². The molecular weight excluding hydrogens is 270 g/mol. The molecule has 0 saturated carbocycles. The van der Waals surface area contributed by atoms with Gasteiger partial charge >= 0.3 is 0 Å². The zero-order valence-electron chi connectivity index (χ0n) is 13.1. The van der Waals surface area contributed by atoms with Crippen molar-refractivity contribution >= 4 is 11.8 Å². The van der Waals surface area contributed by atoms with Gasteiger partial charge in [0.1, 0.15) is 5.75 Å². The Morgan fingerprint density at radius 2 is 2.05 bits per heavy atom. The lowest BCUT2D eigenvalue weighted by Crippen LogP contribution is -2.33. The molecular formula is C16H27NO2S. The average Bonchev–Trinajstić information content (AvgIpc) is 2.41. The zero-order chi connectivity index (χ0) is 15.2. The molecule has 1 aromatic carbocycles. The summed E-state index contributed by atoms with van der Waals surface area (Å²) in [5.74, 6) is 1.81. The number of rotatable bonds is 7. The minimum atomic E-state index is -0.507. The number of hydrogen-bond acceptors (Lipinski definition) is 4. The predicted molar refractivity (Wildman–Crippen MR) is 87.6 cm³/mol. The molecule has 0 aliphatic rings. The predicted octanol–water partition coefficient (Wildman–Crippen LogP) is 3.24. The summed E-state index contributed by atoms with van der Waals surface area (Å²) in [6.07, 6.45) is -0.507. The lowest BCUT2D eigenvalue weighted by Gasteiger charge is -2.22. The number of hydrogen-bond donors (Lipinski definition) is 2. The molecule has 0 aliphatic carbocycles. The van der Waals surface area contributed by atoms with Crippen LogP contribution in [0.15, 0.2) is 24.3 Å². The molecule has 2 N–H and O–H groups in total. The molecule has 4 heteroatoms. The van der Waals surface area contributed by atoms with Crippen LogP contribution in [0.4, 0.5) is 0 Å². The first-order valence-electron chi connectivity index (χ1n) is 7.01. The minimum absolute atomic E-state index is 0.279. The Morgan fingerprint density at radius 3 is 2.65 bits per heavy atom. The van der Waals surface area contributed by atoms with Crippen molar-refractivity contribution in [3.05, 3.63) is 29.8 Å². The standard InChI is InChI=1S/C16H27NO2S/c1-12(11-20-16(2,3)4)17-10-15(18)13-7-6-8-14(9-13)19-5/h6-9,12,15,17-18H,10-11H2,1-5H3. The van der Waals surface area contributed by atoms with Gasteiger partial charge in [-0.15, -0.1) is 0 Å². The number of thioether (sulfide) groups is 1. The van der Waals surface area contributed by atoms with E-state index < -0.39 is 6.10 Å². The fraction of sp³-hybridized carbons (Fsp3) is 0.625. The number of ether oxygens (including phenoxy) is 1. The fourth-order valence-corrected chi connectivity index (χ4v) is 2.58. The topological polar surface area (TPSA) is 41.5 Å². The average molecular weight is 297 g/mol. The van der Waals surface area contributed by atoms with Crippen molar-refractivity contribution in [1.82, 2.24) is 5.32 Å². The van der Waals surface area contributed by atoms with Crippen molar-refractivity contribution in [1.29, 1.82) is 0 Å². The first kappa shape index (κ1) is 17.3. The van der Waals surface area contributed by atoms with Crippen LogP contribution in [0.1, 0.15) is 39.4 Å². The van der Waals surface area contributed by atoms with Gasteiger partial charge in [0.2, 0.25) is 0 Å². The van der Waals surface area contributed by atoms with E-state index in [1.807, 2.05) is 36.0 Å². The summed E-state index contributed by atoms with van der Waals surface area (Å²) < 4.78 is 5.45. The van der Waals surface area contributed by atoms with Crippen molar-refractivity contribution in [2.75, 3.05) is 19.4 Å². The van der Waals surface area contributed by atoms with E-state index in [2.05, 4.69) is 33.0 Å². The summed E-state index contributed by atoms with van der Waals surface area (Å²) in [5, 5.41) is 13.6. The molecule has 0 saturated heterocycles. The molecule has 0 radical (unpaired) electrons. The minimum Gasteiger partial charge on any atom is -0.497 e. The third-order valence-corrected chi connectivity index (χ3v) is 4.44. The van der Waals surface area contributed by atoms with Crippen LogP contribution in [-0.4, -0.2) is 35.3 Å². The van der Waals surface area contributed by atoms with Gasteiger partial charge in [-0.2, -0.15) is 11.8 Å². The van der Waals surface area contributed by atoms with E-state index in [-0.39, 0.29) is 4.75 Å². The van der Waals surface area contributed by atoms with Crippen LogP contribution in [0.25, 0.3) is 0 Å². The van der Waals surface area contributed by atoms with E-state index in [0.29, 0.717) is 12.6 Å². The summed E-state index contributed by atoms with van der Waals surface area (Å²) in [5.41, 5.74) is 0.882. The molecule has 1 rings (SSSR count). The highest BCUT2D eigenvalue weighted by atomic mass is 32.2. The lowest BCUT2D eigenvalue weighted by molar-refractivity contribution is 0.171. The number of aliphatic hydroxyl groups is 1. The summed E-state index contributed by atoms with van der Waals surface area (Å²) in [7, 11) is 1.63. The molecule has 1 aromatic rings. The Morgan fingerprint density at radius 1 is 1.35 bits per heavy atom. The second kappa shape index (κ2) is 7.91. The van der Waals surface area contributed by atoms with Gasteiger partial charge in [0.05, 0.1) is 13.2 Å². The Balaban J connectivity index is 2.40. The number of aliphatic hydroxyl groups excluding tert-OH is 1. The molecule has 0 heterocycles. The quantitative estimate of drug-likeness (QED) is 0.811. The summed E-state index contributed by atoms with van der Waals surface area (Å²) in [4.78, 5) is 0. The zero-order valence-corrected chi connectivity index (χ0v) is 14.0. The van der Waals surface area contributed by atoms with E-state index in [1.54, 1.807) is 7.11 Å². The maximum Gasteiger partial charge on any atom is 0.119 e. The highest BCUT2D eigenvalue weighted by molar-refractivity contribution is 8.00. The Kier molecular flexibility index (Phi) is 6.86. The van der Waals surface area contributed by atoms with Gasteiger partial charge in [0.15, 0.2) is 0 Å².